The molecule has 0 bridgehead atoms. The second kappa shape index (κ2) is 5.15. The molecule has 2 N–H and O–H groups in total. The topological polar surface area (TPSA) is 84.7 Å². The van der Waals surface area contributed by atoms with Crippen LogP contribution in [0.2, 0.25) is 0 Å². The summed E-state index contributed by atoms with van der Waals surface area (Å²) in [4.78, 5) is 12.0. The van der Waals surface area contributed by atoms with E-state index >= 15 is 0 Å². The molecule has 2 rings (SSSR count). The molecule has 0 saturated heterocycles. The lowest BCUT2D eigenvalue weighted by Crippen LogP contribution is -2.47. The molecule has 1 amide bonds. The van der Waals surface area contributed by atoms with Gasteiger partial charge in [0.1, 0.15) is 6.33 Å². The van der Waals surface area contributed by atoms with Crippen molar-refractivity contribution in [3.05, 3.63) is 30.6 Å². The minimum atomic E-state index is -0.634. The first-order chi connectivity index (χ1) is 9.03. The van der Waals surface area contributed by atoms with Gasteiger partial charge in [-0.25, -0.2) is 4.68 Å². The summed E-state index contributed by atoms with van der Waals surface area (Å²) in [5.74, 6) is -0.108. The number of benzene rings is 1. The van der Waals surface area contributed by atoms with Crippen LogP contribution in [0.1, 0.15) is 13.8 Å². The summed E-state index contributed by atoms with van der Waals surface area (Å²) < 4.78 is 1.53. The number of nitrogens with one attached hydrogen (secondary N) is 2. The molecule has 7 heteroatoms. The van der Waals surface area contributed by atoms with Crippen molar-refractivity contribution in [3.63, 3.8) is 0 Å². The Balaban J connectivity index is 2.19. The number of nitrogens with zero attached hydrogens (tertiary/aromatic N) is 4. The quantitative estimate of drug-likeness (QED) is 0.841. The van der Waals surface area contributed by atoms with E-state index in [2.05, 4.69) is 26.2 Å². The Labute approximate surface area is 111 Å². The number of aromatic nitrogens is 4. The van der Waals surface area contributed by atoms with E-state index in [1.807, 2.05) is 32.0 Å². The average Bonchev–Trinajstić information content (AvgIpc) is 2.93. The number of carbonyl (C=O) groups excluding carboxylic acids is 1. The maximum Gasteiger partial charge on any atom is 0.244 e. The summed E-state index contributed by atoms with van der Waals surface area (Å²) >= 11 is 0. The van der Waals surface area contributed by atoms with Crippen molar-refractivity contribution in [2.24, 2.45) is 0 Å². The first-order valence-corrected chi connectivity index (χ1v) is 5.87. The molecule has 1 aromatic carbocycles. The molecule has 100 valence electrons. The van der Waals surface area contributed by atoms with Gasteiger partial charge in [-0.15, -0.1) is 5.10 Å². The summed E-state index contributed by atoms with van der Waals surface area (Å²) in [6.45, 7) is 3.63. The highest BCUT2D eigenvalue weighted by Gasteiger charge is 2.25. The van der Waals surface area contributed by atoms with Crippen LogP contribution in [-0.2, 0) is 4.79 Å². The van der Waals surface area contributed by atoms with Gasteiger partial charge >= 0.3 is 0 Å². The minimum absolute atomic E-state index is 0.108. The summed E-state index contributed by atoms with van der Waals surface area (Å²) in [6.07, 6.45) is 1.50. The zero-order valence-electron chi connectivity index (χ0n) is 11.1. The van der Waals surface area contributed by atoms with E-state index in [1.165, 1.54) is 11.0 Å². The molecule has 0 radical (unpaired) electrons. The molecular weight excluding hydrogens is 244 g/mol. The van der Waals surface area contributed by atoms with E-state index in [-0.39, 0.29) is 5.91 Å². The molecule has 1 heterocycles. The van der Waals surface area contributed by atoms with Crippen molar-refractivity contribution >= 4 is 11.6 Å². The van der Waals surface area contributed by atoms with Gasteiger partial charge in [0.15, 0.2) is 0 Å². The van der Waals surface area contributed by atoms with Crippen LogP contribution in [0.3, 0.4) is 0 Å². The standard InChI is InChI=1S/C12H16N6O/c1-12(2,13-3)11(19)15-9-5-4-6-10(7-9)18-8-14-16-17-18/h4-8,13H,1-3H3,(H,15,19). The maximum atomic E-state index is 12.0. The van der Waals surface area contributed by atoms with Crippen molar-refractivity contribution in [1.29, 1.82) is 0 Å². The highest BCUT2D eigenvalue weighted by atomic mass is 16.2. The smallest absolute Gasteiger partial charge is 0.244 e. The molecule has 0 aliphatic rings. The number of hydrogen-bond donors (Lipinski definition) is 2. The zero-order valence-corrected chi connectivity index (χ0v) is 11.1. The van der Waals surface area contributed by atoms with Crippen LogP contribution in [0.25, 0.3) is 5.69 Å². The van der Waals surface area contributed by atoms with Gasteiger partial charge in [0.05, 0.1) is 11.2 Å². The highest BCUT2D eigenvalue weighted by molar-refractivity contribution is 5.97. The third-order valence-corrected chi connectivity index (χ3v) is 2.91. The van der Waals surface area contributed by atoms with E-state index in [1.54, 1.807) is 13.1 Å². The minimum Gasteiger partial charge on any atom is -0.324 e. The van der Waals surface area contributed by atoms with Gasteiger partial charge in [-0.05, 0) is 49.5 Å². The number of tetrazole rings is 1. The monoisotopic (exact) mass is 260 g/mol. The molecule has 0 aliphatic heterocycles. The number of anilines is 1. The van der Waals surface area contributed by atoms with Crippen LogP contribution in [-0.4, -0.2) is 38.7 Å². The summed E-state index contributed by atoms with van der Waals surface area (Å²) in [5.41, 5.74) is 0.844. The van der Waals surface area contributed by atoms with E-state index in [9.17, 15) is 4.79 Å². The fourth-order valence-electron chi connectivity index (χ4n) is 1.41. The van der Waals surface area contributed by atoms with Gasteiger partial charge < -0.3 is 10.6 Å². The molecule has 0 spiro atoms. The van der Waals surface area contributed by atoms with Gasteiger partial charge in [0.25, 0.3) is 0 Å². The number of carbonyl (C=O) groups is 1. The van der Waals surface area contributed by atoms with Gasteiger partial charge in [0.2, 0.25) is 5.91 Å². The lowest BCUT2D eigenvalue weighted by Gasteiger charge is -2.22. The molecule has 0 unspecified atom stereocenters. The van der Waals surface area contributed by atoms with Crippen LogP contribution < -0.4 is 10.6 Å². The third-order valence-electron chi connectivity index (χ3n) is 2.91. The van der Waals surface area contributed by atoms with Crippen molar-refractivity contribution in [1.82, 2.24) is 25.5 Å². The third kappa shape index (κ3) is 2.94. The average molecular weight is 260 g/mol. The lowest BCUT2D eigenvalue weighted by molar-refractivity contribution is -0.121. The van der Waals surface area contributed by atoms with Gasteiger partial charge in [-0.3, -0.25) is 4.79 Å². The van der Waals surface area contributed by atoms with Gasteiger partial charge in [-0.1, -0.05) is 6.07 Å². The molecule has 0 fully saturated rings. The van der Waals surface area contributed by atoms with Crippen LogP contribution in [0, 0.1) is 0 Å². The first-order valence-electron chi connectivity index (χ1n) is 5.87. The molecular formula is C12H16N6O. The lowest BCUT2D eigenvalue weighted by atomic mass is 10.1. The van der Waals surface area contributed by atoms with Gasteiger partial charge in [0, 0.05) is 5.69 Å². The SMILES string of the molecule is CNC(C)(C)C(=O)Nc1cccc(-n2cnnn2)c1. The Bertz CT molecular complexity index is 563. The summed E-state index contributed by atoms with van der Waals surface area (Å²) in [5, 5.41) is 16.8. The molecule has 1 aromatic heterocycles. The normalized spacial score (nSPS) is 11.3. The van der Waals surface area contributed by atoms with E-state index < -0.39 is 5.54 Å². The van der Waals surface area contributed by atoms with Crippen molar-refractivity contribution in [2.45, 2.75) is 19.4 Å². The number of amides is 1. The second-order valence-corrected chi connectivity index (χ2v) is 4.63. The molecule has 7 nitrogen and oxygen atoms in total. The molecule has 0 atom stereocenters. The van der Waals surface area contributed by atoms with Crippen LogP contribution in [0.4, 0.5) is 5.69 Å². The fourth-order valence-corrected chi connectivity index (χ4v) is 1.41. The van der Waals surface area contributed by atoms with E-state index in [4.69, 9.17) is 0 Å². The number of rotatable bonds is 4. The summed E-state index contributed by atoms with van der Waals surface area (Å²) in [6, 6.07) is 7.31. The Morgan fingerprint density at radius 1 is 1.37 bits per heavy atom. The van der Waals surface area contributed by atoms with Crippen molar-refractivity contribution in [2.75, 3.05) is 12.4 Å². The molecule has 0 aliphatic carbocycles. The number of likely N-dealkylation sites (N-methyl/N-ethyl adjacent to an activating group) is 1. The van der Waals surface area contributed by atoms with E-state index in [0.29, 0.717) is 5.69 Å². The number of hydrogen-bond acceptors (Lipinski definition) is 5. The Kier molecular flexibility index (Phi) is 3.57. The molecule has 19 heavy (non-hydrogen) atoms. The Morgan fingerprint density at radius 3 is 2.79 bits per heavy atom. The maximum absolute atomic E-state index is 12.0. The van der Waals surface area contributed by atoms with Gasteiger partial charge in [-0.2, -0.15) is 0 Å². The van der Waals surface area contributed by atoms with Crippen LogP contribution in [0.5, 0.6) is 0 Å². The fraction of sp³-hybridized carbons (Fsp3) is 0.333. The summed E-state index contributed by atoms with van der Waals surface area (Å²) in [7, 11) is 1.75. The molecule has 2 aromatic rings. The Hall–Kier alpha value is -2.28. The predicted molar refractivity (Wildman–Crippen MR) is 70.9 cm³/mol. The van der Waals surface area contributed by atoms with E-state index in [0.717, 1.165) is 5.69 Å². The predicted octanol–water partition coefficient (Wildman–Crippen LogP) is 0.599. The highest BCUT2D eigenvalue weighted by Crippen LogP contribution is 2.15. The second-order valence-electron chi connectivity index (χ2n) is 4.63. The molecule has 0 saturated carbocycles. The Morgan fingerprint density at radius 2 is 2.16 bits per heavy atom. The van der Waals surface area contributed by atoms with Crippen LogP contribution in [0.15, 0.2) is 30.6 Å². The largest absolute Gasteiger partial charge is 0.324 e. The van der Waals surface area contributed by atoms with Crippen molar-refractivity contribution in [3.8, 4) is 5.69 Å². The zero-order chi connectivity index (χ0) is 13.9. The first kappa shape index (κ1) is 13.2. The van der Waals surface area contributed by atoms with Crippen molar-refractivity contribution < 1.29 is 4.79 Å². The van der Waals surface area contributed by atoms with Crippen LogP contribution >= 0.6 is 0 Å².